The minimum atomic E-state index is -2.96. The van der Waals surface area contributed by atoms with Gasteiger partial charge in [-0.15, -0.1) is 24.0 Å². The summed E-state index contributed by atoms with van der Waals surface area (Å²) in [5.41, 5.74) is 2.71. The average molecular weight is 525 g/mol. The fourth-order valence-electron chi connectivity index (χ4n) is 2.44. The lowest BCUT2D eigenvalue weighted by Crippen LogP contribution is -2.39. The van der Waals surface area contributed by atoms with Crippen molar-refractivity contribution in [1.82, 2.24) is 10.6 Å². The maximum Gasteiger partial charge on any atom is 0.191 e. The lowest BCUT2D eigenvalue weighted by molar-refractivity contribution is 0.154. The van der Waals surface area contributed by atoms with Crippen molar-refractivity contribution in [2.45, 2.75) is 39.5 Å². The number of benzene rings is 1. The van der Waals surface area contributed by atoms with Gasteiger partial charge in [-0.3, -0.25) is 4.99 Å². The Kier molecular flexibility index (Phi) is 14.6. The first-order valence-corrected chi connectivity index (χ1v) is 11.7. The zero-order valence-corrected chi connectivity index (χ0v) is 20.7. The van der Waals surface area contributed by atoms with Crippen LogP contribution < -0.4 is 10.6 Å². The predicted octanol–water partition coefficient (Wildman–Crippen LogP) is 2.98. The molecular weight excluding hydrogens is 489 g/mol. The molecule has 2 N–H and O–H groups in total. The van der Waals surface area contributed by atoms with Crippen molar-refractivity contribution >= 4 is 39.8 Å². The molecule has 0 atom stereocenters. The number of nitrogens with one attached hydrogen (secondary N) is 2. The Labute approximate surface area is 187 Å². The number of guanidine groups is 1. The Bertz CT molecular complexity index is 662. The van der Waals surface area contributed by atoms with Gasteiger partial charge in [0.05, 0.1) is 19.0 Å². The van der Waals surface area contributed by atoms with E-state index in [1.54, 1.807) is 0 Å². The van der Waals surface area contributed by atoms with Crippen molar-refractivity contribution in [2.24, 2.45) is 4.99 Å². The normalized spacial score (nSPS) is 12.0. The van der Waals surface area contributed by atoms with Crippen LogP contribution in [0, 0.1) is 0 Å². The highest BCUT2D eigenvalue weighted by molar-refractivity contribution is 14.0. The van der Waals surface area contributed by atoms with E-state index in [1.807, 2.05) is 6.92 Å². The highest BCUT2D eigenvalue weighted by Crippen LogP contribution is 2.15. The Morgan fingerprint density at radius 2 is 1.82 bits per heavy atom. The van der Waals surface area contributed by atoms with Gasteiger partial charge in [0.25, 0.3) is 0 Å². The largest absolute Gasteiger partial charge is 0.379 e. The molecule has 0 heterocycles. The molecule has 0 unspecified atom stereocenters. The first-order chi connectivity index (χ1) is 12.8. The number of hydrogen-bond donors (Lipinski definition) is 2. The van der Waals surface area contributed by atoms with Crippen LogP contribution in [0.1, 0.15) is 44.2 Å². The molecule has 0 aromatic heterocycles. The highest BCUT2D eigenvalue weighted by atomic mass is 127. The van der Waals surface area contributed by atoms with Crippen LogP contribution in [0.15, 0.2) is 29.3 Å². The number of nitrogens with zero attached hydrogens (tertiary/aromatic N) is 1. The molecule has 1 aromatic carbocycles. The number of halogens is 1. The molecule has 162 valence electrons. The first kappa shape index (κ1) is 27.1. The SMILES string of the molecule is CCNC(=NCCCc1ccc(C(C)C)cc1)NCCOCCS(C)(=O)=O.I. The third-order valence-corrected chi connectivity index (χ3v) is 4.93. The van der Waals surface area contributed by atoms with Gasteiger partial charge < -0.3 is 15.4 Å². The Hall–Kier alpha value is -0.870. The van der Waals surface area contributed by atoms with Gasteiger partial charge in [0.1, 0.15) is 9.84 Å². The molecule has 0 aliphatic rings. The Morgan fingerprint density at radius 3 is 2.39 bits per heavy atom. The van der Waals surface area contributed by atoms with E-state index in [-0.39, 0.29) is 36.3 Å². The number of sulfone groups is 1. The van der Waals surface area contributed by atoms with Crippen molar-refractivity contribution < 1.29 is 13.2 Å². The molecule has 0 aliphatic carbocycles. The van der Waals surface area contributed by atoms with Gasteiger partial charge in [0, 0.05) is 25.9 Å². The van der Waals surface area contributed by atoms with E-state index in [0.717, 1.165) is 31.9 Å². The summed E-state index contributed by atoms with van der Waals surface area (Å²) in [4.78, 5) is 4.57. The third-order valence-electron chi connectivity index (χ3n) is 4.02. The lowest BCUT2D eigenvalue weighted by Gasteiger charge is -2.11. The minimum absolute atomic E-state index is 0. The molecule has 0 aliphatic heterocycles. The molecule has 0 fully saturated rings. The summed E-state index contributed by atoms with van der Waals surface area (Å²) in [5, 5.41) is 6.41. The summed E-state index contributed by atoms with van der Waals surface area (Å²) < 4.78 is 27.4. The summed E-state index contributed by atoms with van der Waals surface area (Å²) in [6.07, 6.45) is 3.21. The van der Waals surface area contributed by atoms with E-state index < -0.39 is 9.84 Å². The third kappa shape index (κ3) is 13.3. The highest BCUT2D eigenvalue weighted by Gasteiger charge is 2.02. The van der Waals surface area contributed by atoms with Crippen molar-refractivity contribution in [1.29, 1.82) is 0 Å². The van der Waals surface area contributed by atoms with Gasteiger partial charge in [0.15, 0.2) is 5.96 Å². The molecule has 8 heteroatoms. The second-order valence-electron chi connectivity index (χ2n) is 6.93. The van der Waals surface area contributed by atoms with Crippen LogP contribution in [0.25, 0.3) is 0 Å². The minimum Gasteiger partial charge on any atom is -0.379 e. The summed E-state index contributed by atoms with van der Waals surface area (Å²) >= 11 is 0. The smallest absolute Gasteiger partial charge is 0.191 e. The topological polar surface area (TPSA) is 79.8 Å². The maximum atomic E-state index is 11.0. The van der Waals surface area contributed by atoms with Crippen LogP contribution in [0.3, 0.4) is 0 Å². The van der Waals surface area contributed by atoms with Crippen LogP contribution in [0.4, 0.5) is 0 Å². The maximum absolute atomic E-state index is 11.0. The summed E-state index contributed by atoms with van der Waals surface area (Å²) in [6.45, 7) is 9.23. The van der Waals surface area contributed by atoms with Crippen molar-refractivity contribution in [3.8, 4) is 0 Å². The Balaban J connectivity index is 0.00000729. The average Bonchev–Trinajstić information content (AvgIpc) is 2.61. The van der Waals surface area contributed by atoms with Gasteiger partial charge in [-0.25, -0.2) is 8.42 Å². The van der Waals surface area contributed by atoms with E-state index in [4.69, 9.17) is 4.74 Å². The second kappa shape index (κ2) is 15.0. The van der Waals surface area contributed by atoms with Crippen molar-refractivity contribution in [3.63, 3.8) is 0 Å². The number of hydrogen-bond acceptors (Lipinski definition) is 4. The van der Waals surface area contributed by atoms with E-state index in [0.29, 0.717) is 19.1 Å². The fraction of sp³-hybridized carbons (Fsp3) is 0.650. The van der Waals surface area contributed by atoms with E-state index in [1.165, 1.54) is 17.4 Å². The first-order valence-electron chi connectivity index (χ1n) is 9.68. The van der Waals surface area contributed by atoms with Crippen LogP contribution in [0.2, 0.25) is 0 Å². The molecule has 0 saturated heterocycles. The zero-order chi connectivity index (χ0) is 20.1. The number of rotatable bonds is 12. The van der Waals surface area contributed by atoms with Gasteiger partial charge in [0.2, 0.25) is 0 Å². The van der Waals surface area contributed by atoms with Crippen LogP contribution >= 0.6 is 24.0 Å². The summed E-state index contributed by atoms with van der Waals surface area (Å²) in [5.74, 6) is 1.38. The number of ether oxygens (including phenoxy) is 1. The molecule has 0 spiro atoms. The standard InChI is InChI=1S/C20H35N3O3S.HI/c1-5-21-20(23-13-14-26-15-16-27(4,24)25)22-12-6-7-18-8-10-19(11-9-18)17(2)3;/h8-11,17H,5-7,12-16H2,1-4H3,(H2,21,22,23);1H. The molecule has 0 saturated carbocycles. The van der Waals surface area contributed by atoms with Gasteiger partial charge in [-0.05, 0) is 36.8 Å². The fourth-order valence-corrected chi connectivity index (χ4v) is 2.86. The molecule has 0 bridgehead atoms. The molecular formula is C20H36IN3O3S. The molecule has 0 amide bonds. The molecule has 6 nitrogen and oxygen atoms in total. The number of aryl methyl sites for hydroxylation is 1. The Morgan fingerprint density at radius 1 is 1.14 bits per heavy atom. The van der Waals surface area contributed by atoms with Crippen LogP contribution in [-0.2, 0) is 21.0 Å². The van der Waals surface area contributed by atoms with Gasteiger partial charge >= 0.3 is 0 Å². The monoisotopic (exact) mass is 525 g/mol. The van der Waals surface area contributed by atoms with E-state index in [2.05, 4.69) is 53.7 Å². The van der Waals surface area contributed by atoms with Gasteiger partial charge in [-0.2, -0.15) is 0 Å². The molecule has 0 radical (unpaired) electrons. The summed E-state index contributed by atoms with van der Waals surface area (Å²) in [6, 6.07) is 8.82. The van der Waals surface area contributed by atoms with Crippen molar-refractivity contribution in [2.75, 3.05) is 44.9 Å². The second-order valence-corrected chi connectivity index (χ2v) is 9.19. The number of aliphatic imine (C=N–C) groups is 1. The quantitative estimate of drug-likeness (QED) is 0.190. The molecule has 1 rings (SSSR count). The van der Waals surface area contributed by atoms with E-state index in [9.17, 15) is 8.42 Å². The van der Waals surface area contributed by atoms with Gasteiger partial charge in [-0.1, -0.05) is 38.1 Å². The lowest BCUT2D eigenvalue weighted by atomic mass is 10.0. The van der Waals surface area contributed by atoms with Crippen molar-refractivity contribution in [3.05, 3.63) is 35.4 Å². The molecule has 1 aromatic rings. The zero-order valence-electron chi connectivity index (χ0n) is 17.5. The predicted molar refractivity (Wildman–Crippen MR) is 129 cm³/mol. The van der Waals surface area contributed by atoms with E-state index >= 15 is 0 Å². The van der Waals surface area contributed by atoms with Crippen LogP contribution in [-0.4, -0.2) is 59.2 Å². The van der Waals surface area contributed by atoms with Crippen LogP contribution in [0.5, 0.6) is 0 Å². The molecule has 28 heavy (non-hydrogen) atoms. The summed E-state index contributed by atoms with van der Waals surface area (Å²) in [7, 11) is -2.96.